The molecule has 0 bridgehead atoms. The number of likely N-dealkylation sites (N-methyl/N-ethyl adjacent to an activating group) is 1. The molecule has 1 aliphatic heterocycles. The van der Waals surface area contributed by atoms with E-state index in [9.17, 15) is 4.79 Å². The molecule has 170 valence electrons. The second-order valence-electron chi connectivity index (χ2n) is 8.01. The number of hydrogen-bond acceptors (Lipinski definition) is 5. The van der Waals surface area contributed by atoms with E-state index in [-0.39, 0.29) is 12.5 Å². The van der Waals surface area contributed by atoms with Crippen LogP contribution in [-0.4, -0.2) is 38.8 Å². The number of amides is 1. The number of nitrogens with zero attached hydrogens (tertiary/aromatic N) is 2. The number of aromatic nitrogens is 1. The molecular formula is C28H24N2O4. The van der Waals surface area contributed by atoms with Gasteiger partial charge >= 0.3 is 0 Å². The Hall–Kier alpha value is -4.32. The first-order valence-corrected chi connectivity index (χ1v) is 10.9. The Labute approximate surface area is 198 Å². The monoisotopic (exact) mass is 452 g/mol. The molecule has 0 aliphatic carbocycles. The van der Waals surface area contributed by atoms with Gasteiger partial charge in [-0.3, -0.25) is 4.79 Å². The van der Waals surface area contributed by atoms with Gasteiger partial charge in [-0.1, -0.05) is 12.1 Å². The number of methoxy groups -OCH3 is 2. The third-order valence-corrected chi connectivity index (χ3v) is 5.98. The Balaban J connectivity index is 1.64. The zero-order valence-electron chi connectivity index (χ0n) is 19.2. The summed E-state index contributed by atoms with van der Waals surface area (Å²) in [4.78, 5) is 18.7. The lowest BCUT2D eigenvalue weighted by molar-refractivity contribution is -0.120. The molecule has 0 atom stereocenters. The minimum atomic E-state index is -0.0801. The molecule has 0 unspecified atom stereocenters. The first-order chi connectivity index (χ1) is 16.6. The van der Waals surface area contributed by atoms with E-state index in [1.54, 1.807) is 26.2 Å². The highest BCUT2D eigenvalue weighted by atomic mass is 16.5. The number of carbonyl (C=O) groups is 1. The van der Waals surface area contributed by atoms with Crippen LogP contribution in [0.4, 0.5) is 5.69 Å². The summed E-state index contributed by atoms with van der Waals surface area (Å²) < 4.78 is 16.2. The van der Waals surface area contributed by atoms with Crippen LogP contribution >= 0.6 is 0 Å². The zero-order chi connectivity index (χ0) is 23.7. The summed E-state index contributed by atoms with van der Waals surface area (Å²) >= 11 is 0. The minimum absolute atomic E-state index is 0.0513. The van der Waals surface area contributed by atoms with Gasteiger partial charge in [0.1, 0.15) is 17.2 Å². The Morgan fingerprint density at radius 3 is 1.91 bits per heavy atom. The Morgan fingerprint density at radius 1 is 0.735 bits per heavy atom. The fraction of sp³-hybridized carbons (Fsp3) is 0.143. The highest BCUT2D eigenvalue weighted by Gasteiger charge is 2.23. The molecule has 0 N–H and O–H groups in total. The van der Waals surface area contributed by atoms with Gasteiger partial charge in [0.15, 0.2) is 6.61 Å². The fourth-order valence-corrected chi connectivity index (χ4v) is 3.97. The van der Waals surface area contributed by atoms with Crippen LogP contribution in [0.2, 0.25) is 0 Å². The number of hydrogen-bond donors (Lipinski definition) is 0. The lowest BCUT2D eigenvalue weighted by Gasteiger charge is -2.26. The summed E-state index contributed by atoms with van der Waals surface area (Å²) in [7, 11) is 5.07. The largest absolute Gasteiger partial charge is 0.497 e. The van der Waals surface area contributed by atoms with Gasteiger partial charge in [0.25, 0.3) is 5.91 Å². The van der Waals surface area contributed by atoms with Crippen molar-refractivity contribution in [1.82, 2.24) is 4.98 Å². The molecule has 2 heterocycles. The van der Waals surface area contributed by atoms with Crippen molar-refractivity contribution in [1.29, 1.82) is 0 Å². The van der Waals surface area contributed by atoms with Crippen LogP contribution in [-0.2, 0) is 4.79 Å². The Morgan fingerprint density at radius 2 is 1.29 bits per heavy atom. The van der Waals surface area contributed by atoms with Crippen molar-refractivity contribution in [2.45, 2.75) is 0 Å². The highest BCUT2D eigenvalue weighted by Crippen LogP contribution is 2.37. The van der Waals surface area contributed by atoms with Gasteiger partial charge in [-0.25, -0.2) is 4.98 Å². The van der Waals surface area contributed by atoms with Crippen molar-refractivity contribution < 1.29 is 19.0 Å². The number of pyridine rings is 1. The summed E-state index contributed by atoms with van der Waals surface area (Å²) in [5.41, 5.74) is 6.32. The molecule has 6 heteroatoms. The van der Waals surface area contributed by atoms with Crippen molar-refractivity contribution in [3.8, 4) is 50.9 Å². The fourth-order valence-electron chi connectivity index (χ4n) is 3.97. The molecule has 4 aromatic rings. The maximum atomic E-state index is 12.2. The first-order valence-electron chi connectivity index (χ1n) is 10.9. The predicted molar refractivity (Wildman–Crippen MR) is 133 cm³/mol. The van der Waals surface area contributed by atoms with E-state index in [4.69, 9.17) is 19.2 Å². The van der Waals surface area contributed by atoms with Crippen LogP contribution in [0.5, 0.6) is 17.2 Å². The van der Waals surface area contributed by atoms with E-state index in [0.29, 0.717) is 5.75 Å². The van der Waals surface area contributed by atoms with E-state index in [1.807, 2.05) is 66.7 Å². The second kappa shape index (κ2) is 8.90. The van der Waals surface area contributed by atoms with Crippen LogP contribution in [0, 0.1) is 0 Å². The average Bonchev–Trinajstić information content (AvgIpc) is 2.90. The van der Waals surface area contributed by atoms with Gasteiger partial charge < -0.3 is 19.1 Å². The second-order valence-corrected chi connectivity index (χ2v) is 8.01. The normalized spacial score (nSPS) is 12.7. The van der Waals surface area contributed by atoms with Crippen molar-refractivity contribution in [3.05, 3.63) is 78.9 Å². The maximum Gasteiger partial charge on any atom is 0.264 e. The molecule has 0 radical (unpaired) electrons. The molecule has 5 rings (SSSR count). The number of benzene rings is 3. The predicted octanol–water partition coefficient (Wildman–Crippen LogP) is 5.46. The van der Waals surface area contributed by atoms with Crippen LogP contribution < -0.4 is 19.1 Å². The highest BCUT2D eigenvalue weighted by molar-refractivity contribution is 5.98. The Kier molecular flexibility index (Phi) is 5.64. The number of carbonyl (C=O) groups excluding carboxylic acids is 1. The van der Waals surface area contributed by atoms with Crippen LogP contribution in [0.1, 0.15) is 0 Å². The van der Waals surface area contributed by atoms with Crippen LogP contribution in [0.15, 0.2) is 78.9 Å². The van der Waals surface area contributed by atoms with Crippen LogP contribution in [0.25, 0.3) is 33.6 Å². The van der Waals surface area contributed by atoms with Crippen LogP contribution in [0.3, 0.4) is 0 Å². The van der Waals surface area contributed by atoms with Gasteiger partial charge in [-0.15, -0.1) is 0 Å². The number of fused-ring (bicyclic) bond motifs is 1. The van der Waals surface area contributed by atoms with Gasteiger partial charge in [-0.05, 0) is 77.9 Å². The van der Waals surface area contributed by atoms with E-state index in [0.717, 1.165) is 50.8 Å². The molecule has 34 heavy (non-hydrogen) atoms. The molecule has 1 aliphatic rings. The molecule has 1 amide bonds. The van der Waals surface area contributed by atoms with E-state index < -0.39 is 0 Å². The summed E-state index contributed by atoms with van der Waals surface area (Å²) in [5.74, 6) is 2.20. The topological polar surface area (TPSA) is 60.9 Å². The quantitative estimate of drug-likeness (QED) is 0.403. The summed E-state index contributed by atoms with van der Waals surface area (Å²) in [5, 5.41) is 0. The number of ether oxygens (including phenoxy) is 3. The molecule has 0 fully saturated rings. The number of anilines is 1. The van der Waals surface area contributed by atoms with E-state index >= 15 is 0 Å². The molecule has 3 aromatic carbocycles. The van der Waals surface area contributed by atoms with Crippen molar-refractivity contribution >= 4 is 11.6 Å². The third-order valence-electron chi connectivity index (χ3n) is 5.98. The Bertz CT molecular complexity index is 1280. The summed E-state index contributed by atoms with van der Waals surface area (Å²) in [6.07, 6.45) is 0. The molecular weight excluding hydrogens is 428 g/mol. The molecule has 1 aromatic heterocycles. The summed E-state index contributed by atoms with van der Waals surface area (Å²) in [6, 6.07) is 25.7. The molecule has 0 spiro atoms. The van der Waals surface area contributed by atoms with E-state index in [1.165, 1.54) is 0 Å². The minimum Gasteiger partial charge on any atom is -0.497 e. The van der Waals surface area contributed by atoms with Gasteiger partial charge in [-0.2, -0.15) is 0 Å². The van der Waals surface area contributed by atoms with Crippen molar-refractivity contribution in [2.24, 2.45) is 0 Å². The van der Waals surface area contributed by atoms with Crippen molar-refractivity contribution in [2.75, 3.05) is 32.8 Å². The maximum absolute atomic E-state index is 12.2. The zero-order valence-corrected chi connectivity index (χ0v) is 19.2. The van der Waals surface area contributed by atoms with Gasteiger partial charge in [0, 0.05) is 18.2 Å². The number of rotatable bonds is 5. The summed E-state index contributed by atoms with van der Waals surface area (Å²) in [6.45, 7) is 0.0513. The smallest absolute Gasteiger partial charge is 0.264 e. The van der Waals surface area contributed by atoms with Crippen molar-refractivity contribution in [3.63, 3.8) is 0 Å². The lowest BCUT2D eigenvalue weighted by atomic mass is 9.99. The molecule has 0 saturated heterocycles. The molecule has 6 nitrogen and oxygen atoms in total. The van der Waals surface area contributed by atoms with Gasteiger partial charge in [0.05, 0.1) is 31.3 Å². The lowest BCUT2D eigenvalue weighted by Crippen LogP contribution is -2.35. The standard InChI is InChI=1S/C28H24N2O4/c1-30-26-16-20(8-13-27(26)34-17-28(30)31)25-15-21(18-4-9-22(32-2)10-5-18)14-24(29-25)19-6-11-23(33-3)12-7-19/h4-16H,17H2,1-3H3. The SMILES string of the molecule is COc1ccc(-c2cc(-c3ccc(OC)cc3)nc(-c3ccc4c(c3)N(C)C(=O)CO4)c2)cc1. The third kappa shape index (κ3) is 4.06. The molecule has 0 saturated carbocycles. The van der Waals surface area contributed by atoms with Gasteiger partial charge in [0.2, 0.25) is 0 Å². The first kappa shape index (κ1) is 21.5. The average molecular weight is 453 g/mol. The van der Waals surface area contributed by atoms with E-state index in [2.05, 4.69) is 12.1 Å².